The Morgan fingerprint density at radius 2 is 1.96 bits per heavy atom. The van der Waals surface area contributed by atoms with Crippen molar-refractivity contribution in [3.05, 3.63) is 63.1 Å². The molecule has 5 nitrogen and oxygen atoms in total. The summed E-state index contributed by atoms with van der Waals surface area (Å²) >= 11 is 1.40. The molecule has 136 valence electrons. The van der Waals surface area contributed by atoms with Crippen molar-refractivity contribution in [2.45, 2.75) is 37.7 Å². The van der Waals surface area contributed by atoms with Crippen LogP contribution < -0.4 is 0 Å². The first-order valence-electron chi connectivity index (χ1n) is 8.38. The maximum atomic E-state index is 13.2. The van der Waals surface area contributed by atoms with Gasteiger partial charge in [0.1, 0.15) is 5.82 Å². The van der Waals surface area contributed by atoms with E-state index in [1.165, 1.54) is 23.5 Å². The van der Waals surface area contributed by atoms with Crippen LogP contribution in [0.25, 0.3) is 5.69 Å². The van der Waals surface area contributed by atoms with E-state index >= 15 is 0 Å². The van der Waals surface area contributed by atoms with Crippen molar-refractivity contribution >= 4 is 21.2 Å². The number of benzene rings is 1. The summed E-state index contributed by atoms with van der Waals surface area (Å²) < 4.78 is 40.3. The van der Waals surface area contributed by atoms with Gasteiger partial charge in [-0.15, -0.1) is 11.3 Å². The lowest BCUT2D eigenvalue weighted by Gasteiger charge is -2.05. The average Bonchev–Trinajstić information content (AvgIpc) is 3.27. The smallest absolute Gasteiger partial charge is 0.161 e. The lowest BCUT2D eigenvalue weighted by Crippen LogP contribution is -2.09. The van der Waals surface area contributed by atoms with Crippen molar-refractivity contribution in [2.24, 2.45) is 0 Å². The van der Waals surface area contributed by atoms with Crippen LogP contribution in [0, 0.1) is 12.7 Å². The summed E-state index contributed by atoms with van der Waals surface area (Å²) in [6.45, 7) is 1.86. The molecule has 1 aromatic carbocycles. The van der Waals surface area contributed by atoms with Gasteiger partial charge in [0.05, 0.1) is 27.9 Å². The Morgan fingerprint density at radius 1 is 1.19 bits per heavy atom. The summed E-state index contributed by atoms with van der Waals surface area (Å²) in [4.78, 5) is 4.87. The van der Waals surface area contributed by atoms with Crippen molar-refractivity contribution in [1.82, 2.24) is 14.8 Å². The minimum Gasteiger partial charge on any atom is -0.250 e. The number of halogens is 1. The van der Waals surface area contributed by atoms with Crippen LogP contribution in [-0.2, 0) is 34.2 Å². The third-order valence-electron chi connectivity index (χ3n) is 4.47. The molecule has 1 aliphatic carbocycles. The van der Waals surface area contributed by atoms with Crippen molar-refractivity contribution in [2.75, 3.05) is 0 Å². The Labute approximate surface area is 155 Å². The number of fused-ring (bicyclic) bond motifs is 1. The summed E-state index contributed by atoms with van der Waals surface area (Å²) in [6, 6.07) is 6.11. The summed E-state index contributed by atoms with van der Waals surface area (Å²) in [5.41, 5.74) is 3.43. The van der Waals surface area contributed by atoms with Crippen LogP contribution in [0.3, 0.4) is 0 Å². The second-order valence-corrected chi connectivity index (χ2v) is 9.88. The highest BCUT2D eigenvalue weighted by molar-refractivity contribution is 7.90. The minimum absolute atomic E-state index is 0.0172. The van der Waals surface area contributed by atoms with Gasteiger partial charge in [0.25, 0.3) is 0 Å². The Bertz CT molecular complexity index is 1050. The van der Waals surface area contributed by atoms with Gasteiger partial charge in [-0.3, -0.25) is 0 Å². The van der Waals surface area contributed by atoms with E-state index < -0.39 is 9.84 Å². The van der Waals surface area contributed by atoms with E-state index in [-0.39, 0.29) is 17.3 Å². The van der Waals surface area contributed by atoms with Crippen LogP contribution in [0.5, 0.6) is 0 Å². The van der Waals surface area contributed by atoms with Gasteiger partial charge in [-0.05, 0) is 56.0 Å². The molecule has 0 radical (unpaired) electrons. The molecule has 0 unspecified atom stereocenters. The van der Waals surface area contributed by atoms with Crippen LogP contribution in [0.15, 0.2) is 30.5 Å². The number of nitrogens with zero attached hydrogens (tertiary/aromatic N) is 3. The van der Waals surface area contributed by atoms with E-state index in [9.17, 15) is 12.8 Å². The highest BCUT2D eigenvalue weighted by atomic mass is 32.2. The number of rotatable bonds is 5. The highest BCUT2D eigenvalue weighted by Crippen LogP contribution is 2.29. The highest BCUT2D eigenvalue weighted by Gasteiger charge is 2.26. The molecule has 0 saturated carbocycles. The molecule has 0 bridgehead atoms. The second kappa shape index (κ2) is 6.59. The molecule has 0 spiro atoms. The number of hydrogen-bond acceptors (Lipinski definition) is 5. The van der Waals surface area contributed by atoms with E-state index in [0.717, 1.165) is 46.1 Å². The molecule has 8 heteroatoms. The van der Waals surface area contributed by atoms with Gasteiger partial charge in [0.15, 0.2) is 9.84 Å². The third-order valence-corrected chi connectivity index (χ3v) is 7.03. The fourth-order valence-electron chi connectivity index (χ4n) is 3.37. The van der Waals surface area contributed by atoms with Crippen molar-refractivity contribution in [3.63, 3.8) is 0 Å². The lowest BCUT2D eigenvalue weighted by molar-refractivity contribution is 0.593. The average molecular weight is 391 g/mol. The van der Waals surface area contributed by atoms with Gasteiger partial charge in [0.2, 0.25) is 0 Å². The molecule has 1 aliphatic rings. The molecule has 2 heterocycles. The van der Waals surface area contributed by atoms with Crippen LogP contribution >= 0.6 is 11.3 Å². The molecule has 0 atom stereocenters. The number of thiazole rings is 1. The Morgan fingerprint density at radius 3 is 2.65 bits per heavy atom. The fraction of sp³-hybridized carbons (Fsp3) is 0.333. The van der Waals surface area contributed by atoms with E-state index in [1.54, 1.807) is 23.0 Å². The Kier molecular flexibility index (Phi) is 4.40. The quantitative estimate of drug-likeness (QED) is 0.669. The zero-order valence-electron chi connectivity index (χ0n) is 14.3. The zero-order chi connectivity index (χ0) is 18.3. The molecule has 0 aliphatic heterocycles. The number of aromatic nitrogens is 3. The maximum absolute atomic E-state index is 13.2. The topological polar surface area (TPSA) is 64.8 Å². The van der Waals surface area contributed by atoms with Crippen LogP contribution in [0.1, 0.15) is 33.3 Å². The molecule has 2 aromatic heterocycles. The predicted octanol–water partition coefficient (Wildman–Crippen LogP) is 3.38. The Hall–Kier alpha value is -2.06. The first-order valence-corrected chi connectivity index (χ1v) is 11.0. The molecule has 4 rings (SSSR count). The van der Waals surface area contributed by atoms with Gasteiger partial charge in [-0.1, -0.05) is 0 Å². The van der Waals surface area contributed by atoms with Gasteiger partial charge < -0.3 is 0 Å². The second-order valence-electron chi connectivity index (χ2n) is 6.49. The summed E-state index contributed by atoms with van der Waals surface area (Å²) in [5.74, 6) is -0.405. The first-order chi connectivity index (χ1) is 12.4. The van der Waals surface area contributed by atoms with Crippen molar-refractivity contribution in [3.8, 4) is 5.69 Å². The van der Waals surface area contributed by atoms with Crippen LogP contribution in [-0.4, -0.2) is 23.2 Å². The largest absolute Gasteiger partial charge is 0.250 e. The first kappa shape index (κ1) is 17.4. The van der Waals surface area contributed by atoms with E-state index in [0.29, 0.717) is 5.69 Å². The molecule has 0 fully saturated rings. The standard InChI is InChI=1S/C18H18FN3O2S2/c1-12-20-9-15(25-12)10-26(23,24)11-17-16-3-2-4-18(16)22(21-17)14-7-5-13(19)6-8-14/h5-9H,2-4,10-11H2,1H3. The van der Waals surface area contributed by atoms with E-state index in [2.05, 4.69) is 10.1 Å². The molecular weight excluding hydrogens is 373 g/mol. The maximum Gasteiger partial charge on any atom is 0.161 e. The van der Waals surface area contributed by atoms with Crippen molar-refractivity contribution in [1.29, 1.82) is 0 Å². The molecule has 0 amide bonds. The van der Waals surface area contributed by atoms with Gasteiger partial charge >= 0.3 is 0 Å². The number of sulfone groups is 1. The monoisotopic (exact) mass is 391 g/mol. The van der Waals surface area contributed by atoms with Gasteiger partial charge in [-0.25, -0.2) is 22.5 Å². The normalized spacial score (nSPS) is 13.9. The van der Waals surface area contributed by atoms with E-state index in [4.69, 9.17) is 0 Å². The molecule has 3 aromatic rings. The summed E-state index contributed by atoms with van der Waals surface area (Å²) in [6.07, 6.45) is 4.30. The minimum atomic E-state index is -3.34. The van der Waals surface area contributed by atoms with Crippen molar-refractivity contribution < 1.29 is 12.8 Å². The number of hydrogen-bond donors (Lipinski definition) is 0. The SMILES string of the molecule is Cc1ncc(CS(=O)(=O)Cc2nn(-c3ccc(F)cc3)c3c2CCC3)s1. The molecule has 0 saturated heterocycles. The zero-order valence-corrected chi connectivity index (χ0v) is 15.9. The number of aryl methyl sites for hydroxylation is 1. The fourth-order valence-corrected chi connectivity index (χ4v) is 6.00. The van der Waals surface area contributed by atoms with Gasteiger partial charge in [-0.2, -0.15) is 5.10 Å². The van der Waals surface area contributed by atoms with Gasteiger partial charge in [0, 0.05) is 16.8 Å². The lowest BCUT2D eigenvalue weighted by atomic mass is 10.2. The van der Waals surface area contributed by atoms with Crippen LogP contribution in [0.4, 0.5) is 4.39 Å². The van der Waals surface area contributed by atoms with Crippen LogP contribution in [0.2, 0.25) is 0 Å². The molecule has 26 heavy (non-hydrogen) atoms. The van der Waals surface area contributed by atoms with E-state index in [1.807, 2.05) is 6.92 Å². The third kappa shape index (κ3) is 3.43. The summed E-state index contributed by atoms with van der Waals surface area (Å²) in [7, 11) is -3.34. The molecular formula is C18H18FN3O2S2. The molecule has 0 N–H and O–H groups in total. The Balaban J connectivity index is 1.65. The predicted molar refractivity (Wildman–Crippen MR) is 98.7 cm³/mol. The summed E-state index contributed by atoms with van der Waals surface area (Å²) in [5, 5.41) is 5.42.